The van der Waals surface area contributed by atoms with E-state index >= 15 is 0 Å². The zero-order valence-corrected chi connectivity index (χ0v) is 23.0. The summed E-state index contributed by atoms with van der Waals surface area (Å²) in [5.41, 5.74) is -1.15. The number of hydrogen-bond donors (Lipinski definition) is 1. The quantitative estimate of drug-likeness (QED) is 0.350. The van der Waals surface area contributed by atoms with Gasteiger partial charge in [0, 0.05) is 37.0 Å². The molecule has 5 rings (SSSR count). The number of fused-ring (bicyclic) bond motifs is 3. The molecular formula is C28H26ClF3N6O3. The van der Waals surface area contributed by atoms with Crippen LogP contribution in [0.1, 0.15) is 59.0 Å². The molecule has 0 fully saturated rings. The third kappa shape index (κ3) is 5.69. The first-order valence-corrected chi connectivity index (χ1v) is 13.0. The van der Waals surface area contributed by atoms with E-state index in [1.807, 2.05) is 0 Å². The first-order chi connectivity index (χ1) is 20.2. The number of aryl methyl sites for hydroxylation is 2. The number of halogens is 4. The fourth-order valence-corrected chi connectivity index (χ4v) is 4.91. The summed E-state index contributed by atoms with van der Waals surface area (Å²) in [6.07, 6.45) is 5.69. The van der Waals surface area contributed by atoms with E-state index in [0.29, 0.717) is 48.5 Å². The van der Waals surface area contributed by atoms with Crippen LogP contribution < -0.4 is 15.6 Å². The van der Waals surface area contributed by atoms with Crippen molar-refractivity contribution in [3.05, 3.63) is 92.3 Å². The van der Waals surface area contributed by atoms with Crippen molar-refractivity contribution in [1.29, 1.82) is 0 Å². The maximum absolute atomic E-state index is 15.0. The van der Waals surface area contributed by atoms with Gasteiger partial charge in [-0.1, -0.05) is 11.6 Å². The zero-order chi connectivity index (χ0) is 31.3. The third-order valence-corrected chi connectivity index (χ3v) is 6.91. The van der Waals surface area contributed by atoms with Crippen molar-refractivity contribution in [3.8, 4) is 17.3 Å². The molecule has 13 heteroatoms. The minimum absolute atomic E-state index is 0.0139. The van der Waals surface area contributed by atoms with Crippen LogP contribution in [-0.2, 0) is 29.7 Å². The molecule has 0 bridgehead atoms. The molecule has 0 saturated heterocycles. The van der Waals surface area contributed by atoms with Crippen molar-refractivity contribution in [3.63, 3.8) is 0 Å². The molecular weight excluding hydrogens is 561 g/mol. The highest BCUT2D eigenvalue weighted by Gasteiger charge is 2.29. The highest BCUT2D eigenvalue weighted by molar-refractivity contribution is 6.31. The fraction of sp³-hybridized carbons (Fsp3) is 0.321. The third-order valence-electron chi connectivity index (χ3n) is 6.56. The number of carbonyl (C=O) groups excluding carboxylic acids is 1. The second kappa shape index (κ2) is 11.0. The molecule has 41 heavy (non-hydrogen) atoms. The summed E-state index contributed by atoms with van der Waals surface area (Å²) in [4.78, 5) is 33.2. The number of nitrogens with zero attached hydrogens (tertiary/aromatic N) is 5. The normalized spacial score (nSPS) is 14.2. The van der Waals surface area contributed by atoms with Gasteiger partial charge in [0.1, 0.15) is 34.5 Å². The van der Waals surface area contributed by atoms with Gasteiger partial charge in [-0.2, -0.15) is 5.10 Å². The number of ether oxygens (including phenoxy) is 1. The fourth-order valence-electron chi connectivity index (χ4n) is 4.73. The van der Waals surface area contributed by atoms with E-state index in [2.05, 4.69) is 20.4 Å². The first-order valence-electron chi connectivity index (χ1n) is 13.7. The Kier molecular flexibility index (Phi) is 6.91. The molecule has 1 aliphatic heterocycles. The van der Waals surface area contributed by atoms with E-state index < -0.39 is 45.8 Å². The second-order valence-electron chi connectivity index (χ2n) is 10.1. The maximum atomic E-state index is 15.0. The summed E-state index contributed by atoms with van der Waals surface area (Å²) >= 11 is 6.41. The van der Waals surface area contributed by atoms with Crippen LogP contribution in [0.5, 0.6) is 5.75 Å². The number of hydrogen-bond acceptors (Lipinski definition) is 6. The Morgan fingerprint density at radius 1 is 1.15 bits per heavy atom. The van der Waals surface area contributed by atoms with Gasteiger partial charge in [-0.05, 0) is 45.1 Å². The van der Waals surface area contributed by atoms with E-state index in [1.54, 1.807) is 26.1 Å². The molecule has 0 saturated carbocycles. The molecule has 0 spiro atoms. The van der Waals surface area contributed by atoms with Crippen LogP contribution in [0.4, 0.5) is 13.2 Å². The predicted molar refractivity (Wildman–Crippen MR) is 144 cm³/mol. The van der Waals surface area contributed by atoms with E-state index in [9.17, 15) is 22.8 Å². The molecule has 0 aromatic carbocycles. The van der Waals surface area contributed by atoms with Crippen molar-refractivity contribution in [2.45, 2.75) is 58.6 Å². The molecule has 1 aliphatic rings. The molecule has 5 heterocycles. The molecule has 0 radical (unpaired) electrons. The predicted octanol–water partition coefficient (Wildman–Crippen LogP) is 4.71. The van der Waals surface area contributed by atoms with Crippen LogP contribution in [0, 0.1) is 17.5 Å². The number of amides is 1. The molecule has 0 aliphatic carbocycles. The largest absolute Gasteiger partial charge is 0.485 e. The van der Waals surface area contributed by atoms with Crippen molar-refractivity contribution in [2.75, 3.05) is 0 Å². The van der Waals surface area contributed by atoms with Crippen molar-refractivity contribution in [1.82, 2.24) is 29.6 Å². The molecule has 0 unspecified atom stereocenters. The van der Waals surface area contributed by atoms with Gasteiger partial charge in [0.15, 0.2) is 17.5 Å². The summed E-state index contributed by atoms with van der Waals surface area (Å²) in [7, 11) is 0. The van der Waals surface area contributed by atoms with Gasteiger partial charge in [0.25, 0.3) is 5.56 Å². The van der Waals surface area contributed by atoms with E-state index in [0.717, 1.165) is 12.6 Å². The summed E-state index contributed by atoms with van der Waals surface area (Å²) in [5.74, 6) is -3.45. The SMILES string of the molecule is [2H]C([2H])(Oc1cc2n(c(=O)c1Cl)-c1cc(-n3cc(F)c(C(C)(C)NC(C)=O)n3)ncc1CCCC2)c1ncc(F)cc1F. The van der Waals surface area contributed by atoms with Crippen molar-refractivity contribution >= 4 is 17.5 Å². The van der Waals surface area contributed by atoms with Gasteiger partial charge in [0.2, 0.25) is 5.91 Å². The standard InChI is InChI=1S/C28H26ClF3N6O3/c1-15(39)35-28(2,3)26-20(32)13-37(36-26)24-10-22-16(11-34-24)6-4-5-7-18-9-23(25(29)27(40)38(18)22)41-14-21-19(31)8-17(30)12-33-21/h8-13H,4-7,14H2,1-3H3,(H,35,39)/i14D2. The average Bonchev–Trinajstić information content (AvgIpc) is 3.30. The topological polar surface area (TPSA) is 104 Å². The number of aromatic nitrogens is 5. The molecule has 0 atom stereocenters. The van der Waals surface area contributed by atoms with Gasteiger partial charge >= 0.3 is 0 Å². The Morgan fingerprint density at radius 3 is 2.63 bits per heavy atom. The van der Waals surface area contributed by atoms with Crippen LogP contribution in [0.2, 0.25) is 5.02 Å². The van der Waals surface area contributed by atoms with Crippen LogP contribution in [-0.4, -0.2) is 30.2 Å². The zero-order valence-electron chi connectivity index (χ0n) is 24.3. The van der Waals surface area contributed by atoms with Crippen LogP contribution in [0.3, 0.4) is 0 Å². The number of rotatable bonds is 6. The lowest BCUT2D eigenvalue weighted by Crippen LogP contribution is -2.40. The van der Waals surface area contributed by atoms with Crippen molar-refractivity contribution < 1.29 is 25.4 Å². The molecule has 4 aromatic heterocycles. The summed E-state index contributed by atoms with van der Waals surface area (Å²) in [5, 5.41) is 6.49. The molecule has 9 nitrogen and oxygen atoms in total. The van der Waals surface area contributed by atoms with Crippen LogP contribution in [0.25, 0.3) is 11.5 Å². The van der Waals surface area contributed by atoms with Gasteiger partial charge in [-0.25, -0.2) is 22.8 Å². The number of pyridine rings is 3. The van der Waals surface area contributed by atoms with Gasteiger partial charge in [-0.15, -0.1) is 0 Å². The minimum Gasteiger partial charge on any atom is -0.485 e. The first kappa shape index (κ1) is 25.8. The molecule has 4 aromatic rings. The Bertz CT molecular complexity index is 1810. The lowest BCUT2D eigenvalue weighted by atomic mass is 10.0. The summed E-state index contributed by atoms with van der Waals surface area (Å²) in [6, 6.07) is 3.42. The van der Waals surface area contributed by atoms with Crippen LogP contribution in [0.15, 0.2) is 41.6 Å². The highest BCUT2D eigenvalue weighted by atomic mass is 35.5. The van der Waals surface area contributed by atoms with E-state index in [1.165, 1.54) is 22.2 Å². The molecule has 1 amide bonds. The van der Waals surface area contributed by atoms with E-state index in [-0.39, 0.29) is 23.2 Å². The second-order valence-corrected chi connectivity index (χ2v) is 10.5. The molecule has 214 valence electrons. The molecule has 1 N–H and O–H groups in total. The van der Waals surface area contributed by atoms with Gasteiger partial charge in [0.05, 0.1) is 26.4 Å². The smallest absolute Gasteiger partial charge is 0.277 e. The monoisotopic (exact) mass is 588 g/mol. The average molecular weight is 589 g/mol. The van der Waals surface area contributed by atoms with E-state index in [4.69, 9.17) is 19.1 Å². The Morgan fingerprint density at radius 2 is 1.90 bits per heavy atom. The Labute approximate surface area is 240 Å². The van der Waals surface area contributed by atoms with Crippen molar-refractivity contribution in [2.24, 2.45) is 0 Å². The Balaban J connectivity index is 1.59. The highest BCUT2D eigenvalue weighted by Crippen LogP contribution is 2.30. The van der Waals surface area contributed by atoms with Crippen LogP contribution >= 0.6 is 11.6 Å². The number of carbonyl (C=O) groups is 1. The lowest BCUT2D eigenvalue weighted by molar-refractivity contribution is -0.120. The minimum atomic E-state index is -2.89. The van der Waals surface area contributed by atoms with Gasteiger partial charge in [-0.3, -0.25) is 19.1 Å². The maximum Gasteiger partial charge on any atom is 0.277 e. The van der Waals surface area contributed by atoms with Gasteiger partial charge < -0.3 is 10.1 Å². The summed E-state index contributed by atoms with van der Waals surface area (Å²) < 4.78 is 67.0. The number of nitrogens with one attached hydrogen (secondary N) is 1. The lowest BCUT2D eigenvalue weighted by Gasteiger charge is -2.23. The Hall–Kier alpha value is -4.19. The summed E-state index contributed by atoms with van der Waals surface area (Å²) in [6.45, 7) is 1.64.